The molecule has 13 heavy (non-hydrogen) atoms. The van der Waals surface area contributed by atoms with E-state index < -0.39 is 0 Å². The maximum Gasteiger partial charge on any atom is 0.0918 e. The molecule has 2 heteroatoms. The van der Waals surface area contributed by atoms with Crippen molar-refractivity contribution in [2.24, 2.45) is 0 Å². The fourth-order valence-electron chi connectivity index (χ4n) is 0.737. The molecule has 0 aliphatic carbocycles. The zero-order valence-electron chi connectivity index (χ0n) is 6.79. The molecule has 0 saturated heterocycles. The predicted octanol–water partition coefficient (Wildman–Crippen LogP) is 2.77. The second-order valence-electron chi connectivity index (χ2n) is 2.24. The van der Waals surface area contributed by atoms with Gasteiger partial charge in [0.25, 0.3) is 0 Å². The Balaban J connectivity index is 2.74. The maximum absolute atomic E-state index is 8.18. The van der Waals surface area contributed by atoms with Crippen LogP contribution in [0.1, 0.15) is 5.56 Å². The second-order valence-corrected chi connectivity index (χ2v) is 2.68. The minimum Gasteiger partial charge on any atom is -0.193 e. The van der Waals surface area contributed by atoms with Crippen LogP contribution in [0.25, 0.3) is 0 Å². The van der Waals surface area contributed by atoms with Gasteiger partial charge in [0.2, 0.25) is 0 Å². The molecule has 1 rings (SSSR count). The number of benzene rings is 1. The highest BCUT2D eigenvalue weighted by Gasteiger charge is 1.85. The standard InChI is InChI=1S/C11H6ClN/c12-11-7-5-10(6-8-11)4-2-1-3-9-13/h1,3,5-8H/b3-1-. The summed E-state index contributed by atoms with van der Waals surface area (Å²) >= 11 is 5.69. The molecule has 62 valence electrons. The lowest BCUT2D eigenvalue weighted by Crippen LogP contribution is -1.70. The highest BCUT2D eigenvalue weighted by atomic mass is 35.5. The Hall–Kier alpha value is -1.70. The molecule has 0 aromatic heterocycles. The summed E-state index contributed by atoms with van der Waals surface area (Å²) in [4.78, 5) is 0. The Morgan fingerprint density at radius 2 is 1.85 bits per heavy atom. The summed E-state index contributed by atoms with van der Waals surface area (Å²) < 4.78 is 0. The Bertz CT molecular complexity index is 398. The first-order chi connectivity index (χ1) is 6.33. The van der Waals surface area contributed by atoms with E-state index >= 15 is 0 Å². The number of hydrogen-bond donors (Lipinski definition) is 0. The van der Waals surface area contributed by atoms with Gasteiger partial charge in [0.1, 0.15) is 0 Å². The van der Waals surface area contributed by atoms with Crippen LogP contribution in [-0.2, 0) is 0 Å². The summed E-state index contributed by atoms with van der Waals surface area (Å²) in [7, 11) is 0. The molecule has 0 heterocycles. The smallest absolute Gasteiger partial charge is 0.0918 e. The van der Waals surface area contributed by atoms with Gasteiger partial charge in [-0.15, -0.1) is 0 Å². The highest BCUT2D eigenvalue weighted by Crippen LogP contribution is 2.08. The number of nitrogens with zero attached hydrogens (tertiary/aromatic N) is 1. The molecule has 0 aliphatic rings. The number of nitriles is 1. The molecule has 0 bridgehead atoms. The fraction of sp³-hybridized carbons (Fsp3) is 0. The summed E-state index contributed by atoms with van der Waals surface area (Å²) in [6.07, 6.45) is 2.84. The zero-order valence-corrected chi connectivity index (χ0v) is 7.55. The van der Waals surface area contributed by atoms with Gasteiger partial charge >= 0.3 is 0 Å². The molecule has 0 unspecified atom stereocenters. The molecule has 1 aromatic carbocycles. The molecule has 0 N–H and O–H groups in total. The van der Waals surface area contributed by atoms with Gasteiger partial charge in [-0.05, 0) is 30.3 Å². The second kappa shape index (κ2) is 5.04. The van der Waals surface area contributed by atoms with Crippen molar-refractivity contribution in [2.45, 2.75) is 0 Å². The molecular formula is C11H6ClN. The molecule has 0 saturated carbocycles. The lowest BCUT2D eigenvalue weighted by molar-refractivity contribution is 1.53. The van der Waals surface area contributed by atoms with Crippen molar-refractivity contribution in [1.29, 1.82) is 5.26 Å². The number of hydrogen-bond acceptors (Lipinski definition) is 1. The minimum absolute atomic E-state index is 0.693. The van der Waals surface area contributed by atoms with E-state index in [2.05, 4.69) is 11.8 Å². The molecule has 0 amide bonds. The average molecular weight is 188 g/mol. The van der Waals surface area contributed by atoms with Crippen LogP contribution in [0.5, 0.6) is 0 Å². The predicted molar refractivity (Wildman–Crippen MR) is 53.1 cm³/mol. The Kier molecular flexibility index (Phi) is 3.64. The van der Waals surface area contributed by atoms with E-state index in [0.29, 0.717) is 5.02 Å². The lowest BCUT2D eigenvalue weighted by atomic mass is 10.2. The first kappa shape index (κ1) is 9.39. The monoisotopic (exact) mass is 187 g/mol. The summed E-state index contributed by atoms with van der Waals surface area (Å²) in [5.41, 5.74) is 0.881. The van der Waals surface area contributed by atoms with E-state index in [-0.39, 0.29) is 0 Å². The minimum atomic E-state index is 0.693. The van der Waals surface area contributed by atoms with Crippen LogP contribution >= 0.6 is 11.6 Å². The number of halogens is 1. The SMILES string of the molecule is N#C/C=C\C#Cc1ccc(Cl)cc1. The van der Waals surface area contributed by atoms with Crippen LogP contribution in [0.4, 0.5) is 0 Å². The topological polar surface area (TPSA) is 23.8 Å². The van der Waals surface area contributed by atoms with Crippen molar-refractivity contribution in [3.8, 4) is 17.9 Å². The molecule has 0 radical (unpaired) electrons. The van der Waals surface area contributed by atoms with Gasteiger partial charge < -0.3 is 0 Å². The summed E-state index contributed by atoms with van der Waals surface area (Å²) in [6, 6.07) is 9.07. The Labute approximate surface area is 82.3 Å². The van der Waals surface area contributed by atoms with Crippen LogP contribution in [0, 0.1) is 23.2 Å². The van der Waals surface area contributed by atoms with Crippen molar-refractivity contribution in [2.75, 3.05) is 0 Å². The highest BCUT2D eigenvalue weighted by molar-refractivity contribution is 6.30. The van der Waals surface area contributed by atoms with E-state index in [1.165, 1.54) is 12.2 Å². The van der Waals surface area contributed by atoms with Gasteiger partial charge in [0.05, 0.1) is 6.07 Å². The largest absolute Gasteiger partial charge is 0.193 e. The van der Waals surface area contributed by atoms with Gasteiger partial charge in [0.15, 0.2) is 0 Å². The maximum atomic E-state index is 8.18. The van der Waals surface area contributed by atoms with E-state index in [4.69, 9.17) is 16.9 Å². The van der Waals surface area contributed by atoms with Gasteiger partial charge in [-0.3, -0.25) is 0 Å². The molecule has 0 fully saturated rings. The van der Waals surface area contributed by atoms with Gasteiger partial charge in [-0.1, -0.05) is 23.4 Å². The first-order valence-corrected chi connectivity index (χ1v) is 4.02. The average Bonchev–Trinajstić information content (AvgIpc) is 2.15. The number of allylic oxidation sites excluding steroid dienone is 2. The molecule has 0 aliphatic heterocycles. The van der Waals surface area contributed by atoms with Crippen molar-refractivity contribution >= 4 is 11.6 Å². The van der Waals surface area contributed by atoms with Crippen molar-refractivity contribution in [3.05, 3.63) is 47.0 Å². The Morgan fingerprint density at radius 1 is 1.15 bits per heavy atom. The summed E-state index contributed by atoms with van der Waals surface area (Å²) in [5, 5.41) is 8.87. The van der Waals surface area contributed by atoms with Crippen LogP contribution in [0.2, 0.25) is 5.02 Å². The van der Waals surface area contributed by atoms with Crippen molar-refractivity contribution in [3.63, 3.8) is 0 Å². The van der Waals surface area contributed by atoms with Crippen molar-refractivity contribution < 1.29 is 0 Å². The molecule has 1 nitrogen and oxygen atoms in total. The fourth-order valence-corrected chi connectivity index (χ4v) is 0.863. The zero-order chi connectivity index (χ0) is 9.52. The molecule has 0 atom stereocenters. The van der Waals surface area contributed by atoms with E-state index in [0.717, 1.165) is 5.56 Å². The van der Waals surface area contributed by atoms with Gasteiger partial charge in [-0.2, -0.15) is 5.26 Å². The third-order valence-electron chi connectivity index (χ3n) is 1.30. The third-order valence-corrected chi connectivity index (χ3v) is 1.55. The van der Waals surface area contributed by atoms with E-state index in [1.54, 1.807) is 12.1 Å². The van der Waals surface area contributed by atoms with Gasteiger partial charge in [-0.25, -0.2) is 0 Å². The summed E-state index contributed by atoms with van der Waals surface area (Å²) in [5.74, 6) is 5.59. The van der Waals surface area contributed by atoms with E-state index in [9.17, 15) is 0 Å². The van der Waals surface area contributed by atoms with Crippen molar-refractivity contribution in [1.82, 2.24) is 0 Å². The molecule has 0 spiro atoms. The summed E-state index contributed by atoms with van der Waals surface area (Å²) in [6.45, 7) is 0. The lowest BCUT2D eigenvalue weighted by Gasteiger charge is -1.88. The quantitative estimate of drug-likeness (QED) is 0.453. The first-order valence-electron chi connectivity index (χ1n) is 3.64. The normalized spacial score (nSPS) is 8.92. The Morgan fingerprint density at radius 3 is 2.46 bits per heavy atom. The molecular weight excluding hydrogens is 182 g/mol. The van der Waals surface area contributed by atoms with Crippen LogP contribution in [0.3, 0.4) is 0 Å². The molecule has 1 aromatic rings. The van der Waals surface area contributed by atoms with Crippen LogP contribution in [0.15, 0.2) is 36.4 Å². The van der Waals surface area contributed by atoms with Crippen LogP contribution < -0.4 is 0 Å². The van der Waals surface area contributed by atoms with Gasteiger partial charge in [0, 0.05) is 16.7 Å². The third kappa shape index (κ3) is 3.47. The van der Waals surface area contributed by atoms with E-state index in [1.807, 2.05) is 18.2 Å². The van der Waals surface area contributed by atoms with Crippen LogP contribution in [-0.4, -0.2) is 0 Å². The number of rotatable bonds is 0.